The van der Waals surface area contributed by atoms with Gasteiger partial charge in [0.2, 0.25) is 0 Å². The summed E-state index contributed by atoms with van der Waals surface area (Å²) < 4.78 is 36.3. The monoisotopic (exact) mass is 912 g/mol. The van der Waals surface area contributed by atoms with Gasteiger partial charge in [-0.1, -0.05) is 53.2 Å². The molecule has 0 aromatic rings. The fourth-order valence-electron chi connectivity index (χ4n) is 14.5. The van der Waals surface area contributed by atoms with E-state index in [-0.39, 0.29) is 28.6 Å². The second-order valence-corrected chi connectivity index (χ2v) is 22.3. The molecular weight excluding hydrogens is 840 g/mol. The van der Waals surface area contributed by atoms with Crippen molar-refractivity contribution in [2.75, 3.05) is 19.8 Å². The molecule has 5 aliphatic carbocycles. The summed E-state index contributed by atoms with van der Waals surface area (Å²) in [7, 11) is 0. The Hall–Kier alpha value is -1.72. The van der Waals surface area contributed by atoms with Crippen LogP contribution in [0.4, 0.5) is 0 Å². The molecule has 0 amide bonds. The third kappa shape index (κ3) is 7.31. The average molecular weight is 913 g/mol. The normalized spacial score (nSPS) is 54.9. The molecule has 0 aromatic carbocycles. The van der Waals surface area contributed by atoms with Crippen LogP contribution >= 0.6 is 0 Å². The van der Waals surface area contributed by atoms with E-state index >= 15 is 0 Å². The molecule has 64 heavy (non-hydrogen) atoms. The van der Waals surface area contributed by atoms with Gasteiger partial charge in [0.05, 0.1) is 37.4 Å². The SMILES string of the molecule is CC1(C)CC[C@@]2(C(=O)O)C(C1)C1=CCC3C4(C)CC[C@H](O[C@@H]5OC[C@@H](O)[C@H](O[C@@H]6OC[C@@H](O)[C@H](O)C6O)C5O[C@@H]5OC(CO)[C@H](O)[C@H](O)C5O)C(C)(C=O)[C@@H]4CCC3(C)C1(C)C[C@H]2O. The molecular formula is C46H72O18. The Morgan fingerprint density at radius 2 is 1.39 bits per heavy atom. The lowest BCUT2D eigenvalue weighted by Gasteiger charge is -2.71. The van der Waals surface area contributed by atoms with Crippen LogP contribution in [-0.2, 0) is 38.0 Å². The highest BCUT2D eigenvalue weighted by Gasteiger charge is 2.72. The van der Waals surface area contributed by atoms with Gasteiger partial charge in [0.1, 0.15) is 72.7 Å². The zero-order chi connectivity index (χ0) is 46.7. The predicted molar refractivity (Wildman–Crippen MR) is 220 cm³/mol. The van der Waals surface area contributed by atoms with Crippen molar-refractivity contribution in [2.24, 2.45) is 50.2 Å². The molecule has 18 nitrogen and oxygen atoms in total. The van der Waals surface area contributed by atoms with Crippen molar-refractivity contribution in [1.82, 2.24) is 0 Å². The number of ether oxygens (including phenoxy) is 6. The minimum absolute atomic E-state index is 0.0609. The van der Waals surface area contributed by atoms with Crippen LogP contribution in [0.5, 0.6) is 0 Å². The maximum Gasteiger partial charge on any atom is 0.312 e. The smallest absolute Gasteiger partial charge is 0.312 e. The molecule has 0 aromatic heterocycles. The molecule has 7 fully saturated rings. The number of aldehydes is 1. The second-order valence-electron chi connectivity index (χ2n) is 22.3. The summed E-state index contributed by atoms with van der Waals surface area (Å²) in [6, 6.07) is 0. The van der Waals surface area contributed by atoms with Crippen LogP contribution in [0.1, 0.15) is 99.3 Å². The maximum atomic E-state index is 13.7. The van der Waals surface area contributed by atoms with Crippen LogP contribution < -0.4 is 0 Å². The predicted octanol–water partition coefficient (Wildman–Crippen LogP) is 0.134. The van der Waals surface area contributed by atoms with E-state index in [9.17, 15) is 60.7 Å². The van der Waals surface area contributed by atoms with E-state index in [1.165, 1.54) is 0 Å². The fraction of sp³-hybridized carbons (Fsp3) is 0.913. The Kier molecular flexibility index (Phi) is 13.0. The summed E-state index contributed by atoms with van der Waals surface area (Å²) in [5.74, 6) is -1.39. The molecule has 3 heterocycles. The van der Waals surface area contributed by atoms with Crippen LogP contribution in [0.2, 0.25) is 0 Å². The first-order valence-corrected chi connectivity index (χ1v) is 23.2. The van der Waals surface area contributed by atoms with E-state index in [4.69, 9.17) is 28.4 Å². The third-order valence-electron chi connectivity index (χ3n) is 18.6. The largest absolute Gasteiger partial charge is 0.481 e. The molecule has 364 valence electrons. The van der Waals surface area contributed by atoms with Crippen LogP contribution in [0.3, 0.4) is 0 Å². The van der Waals surface area contributed by atoms with Gasteiger partial charge in [-0.15, -0.1) is 0 Å². The van der Waals surface area contributed by atoms with Gasteiger partial charge in [0.15, 0.2) is 18.9 Å². The van der Waals surface area contributed by atoms with Gasteiger partial charge in [0.25, 0.3) is 0 Å². The summed E-state index contributed by atoms with van der Waals surface area (Å²) in [4.78, 5) is 26.9. The van der Waals surface area contributed by atoms with Crippen molar-refractivity contribution < 1.29 is 89.1 Å². The highest BCUT2D eigenvalue weighted by molar-refractivity contribution is 5.77. The lowest BCUT2D eigenvalue weighted by Crippen LogP contribution is -2.68. The molecule has 0 radical (unpaired) electrons. The van der Waals surface area contributed by atoms with Crippen LogP contribution in [-0.4, -0.2) is 175 Å². The minimum Gasteiger partial charge on any atom is -0.481 e. The molecule has 8 rings (SSSR count). The van der Waals surface area contributed by atoms with E-state index in [2.05, 4.69) is 40.7 Å². The van der Waals surface area contributed by atoms with Gasteiger partial charge in [-0.3, -0.25) is 4.79 Å². The van der Waals surface area contributed by atoms with Crippen molar-refractivity contribution in [1.29, 1.82) is 0 Å². The van der Waals surface area contributed by atoms with Crippen molar-refractivity contribution in [2.45, 2.75) is 191 Å². The average Bonchev–Trinajstić information content (AvgIpc) is 3.23. The molecule has 18 heteroatoms. The number of aliphatic hydroxyl groups excluding tert-OH is 9. The van der Waals surface area contributed by atoms with Gasteiger partial charge in [0, 0.05) is 0 Å². The van der Waals surface area contributed by atoms with Gasteiger partial charge in [-0.2, -0.15) is 0 Å². The maximum absolute atomic E-state index is 13.7. The van der Waals surface area contributed by atoms with Crippen molar-refractivity contribution in [3.8, 4) is 0 Å². The number of hydrogen-bond acceptors (Lipinski definition) is 17. The number of carbonyl (C=O) groups excluding carboxylic acids is 1. The summed E-state index contributed by atoms with van der Waals surface area (Å²) >= 11 is 0. The Labute approximate surface area is 373 Å². The molecule has 8 aliphatic rings. The topological polar surface area (TPSA) is 292 Å². The van der Waals surface area contributed by atoms with E-state index in [0.717, 1.165) is 18.3 Å². The quantitative estimate of drug-likeness (QED) is 0.0836. The van der Waals surface area contributed by atoms with Crippen molar-refractivity contribution >= 4 is 12.3 Å². The number of carboxylic acid groups (broad SMARTS) is 1. The van der Waals surface area contributed by atoms with Gasteiger partial charge < -0.3 is 84.3 Å². The lowest BCUT2D eigenvalue weighted by molar-refractivity contribution is -0.384. The molecule has 10 unspecified atom stereocenters. The Balaban J connectivity index is 1.09. The van der Waals surface area contributed by atoms with Crippen LogP contribution in [0.15, 0.2) is 11.6 Å². The summed E-state index contributed by atoms with van der Waals surface area (Å²) in [6.07, 6.45) is -14.4. The van der Waals surface area contributed by atoms with Gasteiger partial charge >= 0.3 is 5.97 Å². The Morgan fingerprint density at radius 1 is 0.734 bits per heavy atom. The number of carbonyl (C=O) groups is 2. The second kappa shape index (κ2) is 17.1. The number of allylic oxidation sites excluding steroid dienone is 2. The van der Waals surface area contributed by atoms with Crippen molar-refractivity contribution in [3.63, 3.8) is 0 Å². The van der Waals surface area contributed by atoms with Gasteiger partial charge in [-0.25, -0.2) is 0 Å². The lowest BCUT2D eigenvalue weighted by atomic mass is 9.33. The first-order chi connectivity index (χ1) is 29.9. The molecule has 3 saturated heterocycles. The molecule has 0 spiro atoms. The van der Waals surface area contributed by atoms with E-state index in [1.54, 1.807) is 0 Å². The fourth-order valence-corrected chi connectivity index (χ4v) is 14.5. The first kappa shape index (κ1) is 48.7. The number of aliphatic hydroxyl groups is 9. The highest BCUT2D eigenvalue weighted by Crippen LogP contribution is 2.76. The molecule has 4 saturated carbocycles. The number of hydrogen-bond donors (Lipinski definition) is 10. The minimum atomic E-state index is -1.87. The molecule has 0 bridgehead atoms. The molecule has 23 atom stereocenters. The Morgan fingerprint density at radius 3 is 2.06 bits per heavy atom. The summed E-state index contributed by atoms with van der Waals surface area (Å²) in [5.41, 5.74) is -2.56. The highest BCUT2D eigenvalue weighted by atomic mass is 16.8. The summed E-state index contributed by atoms with van der Waals surface area (Å²) in [5, 5.41) is 107. The van der Waals surface area contributed by atoms with Crippen molar-refractivity contribution in [3.05, 3.63) is 11.6 Å². The number of fused-ring (bicyclic) bond motifs is 7. The number of rotatable bonds is 9. The van der Waals surface area contributed by atoms with E-state index < -0.39 is 140 Å². The zero-order valence-electron chi connectivity index (χ0n) is 37.8. The molecule has 10 N–H and O–H groups in total. The standard InChI is InChI=1S/C46H72O18/c1-41(2)13-14-46(40(57)58)22(15-41)21-7-8-27-42(3)11-10-29(43(4,20-48)26(42)9-12-44(27,5)45(21,6)16-28(46)51)62-39-36(64-38-34(56)32(54)31(53)25(17-47)61-38)35(24(50)19-60-39)63-37-33(55)30(52)23(49)18-59-37/h7,20,22-39,47,49-56H,8-19H2,1-6H3,(H,57,58)/t22?,23-,24-,25?,26-,27?,28-,29+,30+,31+,32+,33?,34?,35+,36?,37+,38+,39+,42?,43?,44?,45?,46-/m1/s1. The number of carboxylic acids is 1. The van der Waals surface area contributed by atoms with Crippen LogP contribution in [0, 0.1) is 50.2 Å². The van der Waals surface area contributed by atoms with E-state index in [0.29, 0.717) is 51.4 Å². The third-order valence-corrected chi connectivity index (χ3v) is 18.6. The van der Waals surface area contributed by atoms with Crippen LogP contribution in [0.25, 0.3) is 0 Å². The zero-order valence-corrected chi connectivity index (χ0v) is 37.8. The summed E-state index contributed by atoms with van der Waals surface area (Å²) in [6.45, 7) is 11.4. The Bertz CT molecular complexity index is 1780. The number of aliphatic carboxylic acids is 1. The van der Waals surface area contributed by atoms with E-state index in [1.807, 2.05) is 6.92 Å². The van der Waals surface area contributed by atoms with Gasteiger partial charge in [-0.05, 0) is 97.2 Å². The first-order valence-electron chi connectivity index (χ1n) is 23.2. The molecule has 3 aliphatic heterocycles.